The van der Waals surface area contributed by atoms with Crippen molar-refractivity contribution in [2.45, 2.75) is 13.5 Å². The van der Waals surface area contributed by atoms with Crippen LogP contribution in [0.5, 0.6) is 0 Å². The minimum absolute atomic E-state index is 0.463. The lowest BCUT2D eigenvalue weighted by atomic mass is 10.1. The van der Waals surface area contributed by atoms with Gasteiger partial charge in [0.1, 0.15) is 5.82 Å². The number of nitrogens with one attached hydrogen (secondary N) is 1. The van der Waals surface area contributed by atoms with E-state index < -0.39 is 0 Å². The number of anilines is 1. The fourth-order valence-corrected chi connectivity index (χ4v) is 3.87. The van der Waals surface area contributed by atoms with Crippen molar-refractivity contribution >= 4 is 40.5 Å². The van der Waals surface area contributed by atoms with Crippen molar-refractivity contribution in [3.05, 3.63) is 74.8 Å². The first-order valence-electron chi connectivity index (χ1n) is 8.22. The molecule has 0 atom stereocenters. The molecule has 0 saturated heterocycles. The zero-order chi connectivity index (χ0) is 18.8. The Balaban J connectivity index is 1.66. The van der Waals surface area contributed by atoms with Gasteiger partial charge in [0.15, 0.2) is 0 Å². The molecule has 0 spiro atoms. The average molecular weight is 416 g/mol. The van der Waals surface area contributed by atoms with Crippen LogP contribution in [-0.4, -0.2) is 19.7 Å². The fraction of sp³-hybridized carbons (Fsp3) is 0.105. The molecule has 0 amide bonds. The van der Waals surface area contributed by atoms with Crippen LogP contribution in [0, 0.1) is 6.92 Å². The third kappa shape index (κ3) is 3.56. The molecule has 1 aromatic carbocycles. The summed E-state index contributed by atoms with van der Waals surface area (Å²) < 4.78 is 1.86. The zero-order valence-corrected chi connectivity index (χ0v) is 16.7. The van der Waals surface area contributed by atoms with E-state index in [9.17, 15) is 0 Å². The van der Waals surface area contributed by atoms with E-state index in [0.29, 0.717) is 28.4 Å². The van der Waals surface area contributed by atoms with Crippen molar-refractivity contribution in [1.82, 2.24) is 19.7 Å². The summed E-state index contributed by atoms with van der Waals surface area (Å²) in [5, 5.41) is 16.9. The highest BCUT2D eigenvalue weighted by Crippen LogP contribution is 2.31. The van der Waals surface area contributed by atoms with E-state index in [0.717, 1.165) is 22.5 Å². The van der Waals surface area contributed by atoms with E-state index in [2.05, 4.69) is 31.9 Å². The van der Waals surface area contributed by atoms with Crippen molar-refractivity contribution in [2.24, 2.45) is 0 Å². The Morgan fingerprint density at radius 1 is 1.11 bits per heavy atom. The Hall–Kier alpha value is -2.41. The number of pyridine rings is 1. The van der Waals surface area contributed by atoms with Crippen LogP contribution >= 0.6 is 34.5 Å². The summed E-state index contributed by atoms with van der Waals surface area (Å²) in [6.07, 6.45) is 1.80. The first-order chi connectivity index (χ1) is 13.1. The third-order valence-corrected chi connectivity index (χ3v) is 5.61. The summed E-state index contributed by atoms with van der Waals surface area (Å²) in [4.78, 5) is 4.53. The Bertz CT molecular complexity index is 1080. The molecule has 0 aliphatic heterocycles. The van der Waals surface area contributed by atoms with Gasteiger partial charge >= 0.3 is 0 Å². The third-order valence-electron chi connectivity index (χ3n) is 4.12. The maximum absolute atomic E-state index is 6.39. The van der Waals surface area contributed by atoms with E-state index >= 15 is 0 Å². The topological polar surface area (TPSA) is 55.6 Å². The van der Waals surface area contributed by atoms with Crippen LogP contribution in [0.25, 0.3) is 16.9 Å². The van der Waals surface area contributed by atoms with Crippen LogP contribution in [0.1, 0.15) is 11.4 Å². The number of rotatable bonds is 5. The standard InChI is InChI=1S/C19H15Cl2N5S/c1-12-24-25-19(26(12)16-6-2-5-15(20)17(16)21)23-10-13-4-3-8-22-18(13)14-7-9-27-11-14/h2-9,11H,10H2,1H3,(H,23,25). The predicted molar refractivity (Wildman–Crippen MR) is 111 cm³/mol. The van der Waals surface area contributed by atoms with Gasteiger partial charge in [-0.05, 0) is 42.1 Å². The molecule has 0 saturated carbocycles. The molecule has 3 heterocycles. The summed E-state index contributed by atoms with van der Waals surface area (Å²) in [5.74, 6) is 1.31. The molecule has 0 radical (unpaired) electrons. The van der Waals surface area contributed by atoms with Gasteiger partial charge in [-0.2, -0.15) is 11.3 Å². The zero-order valence-electron chi connectivity index (χ0n) is 14.4. The Kier molecular flexibility index (Phi) is 5.11. The van der Waals surface area contributed by atoms with E-state index in [1.165, 1.54) is 0 Å². The maximum atomic E-state index is 6.39. The molecule has 136 valence electrons. The summed E-state index contributed by atoms with van der Waals surface area (Å²) in [7, 11) is 0. The van der Waals surface area contributed by atoms with Crippen molar-refractivity contribution < 1.29 is 0 Å². The van der Waals surface area contributed by atoms with E-state index in [1.54, 1.807) is 23.6 Å². The lowest BCUT2D eigenvalue weighted by Gasteiger charge is -2.13. The molecule has 4 aromatic rings. The molecule has 0 aliphatic carbocycles. The summed E-state index contributed by atoms with van der Waals surface area (Å²) in [5.41, 5.74) is 3.86. The minimum atomic E-state index is 0.463. The molecule has 3 aromatic heterocycles. The van der Waals surface area contributed by atoms with E-state index in [1.807, 2.05) is 41.1 Å². The summed E-state index contributed by atoms with van der Waals surface area (Å²) >= 11 is 14.2. The van der Waals surface area contributed by atoms with Gasteiger partial charge in [0.25, 0.3) is 0 Å². The number of halogens is 2. The first kappa shape index (κ1) is 18.0. The second-order valence-electron chi connectivity index (χ2n) is 5.86. The largest absolute Gasteiger partial charge is 0.350 e. The molecule has 0 bridgehead atoms. The monoisotopic (exact) mass is 415 g/mol. The molecule has 0 fully saturated rings. The summed E-state index contributed by atoms with van der Waals surface area (Å²) in [6.45, 7) is 2.42. The number of hydrogen-bond donors (Lipinski definition) is 1. The lowest BCUT2D eigenvalue weighted by Crippen LogP contribution is -2.09. The van der Waals surface area contributed by atoms with Gasteiger partial charge in [0.2, 0.25) is 5.95 Å². The Morgan fingerprint density at radius 2 is 2.00 bits per heavy atom. The van der Waals surface area contributed by atoms with Crippen LogP contribution in [0.15, 0.2) is 53.4 Å². The van der Waals surface area contributed by atoms with Crippen LogP contribution < -0.4 is 5.32 Å². The summed E-state index contributed by atoms with van der Waals surface area (Å²) in [6, 6.07) is 11.5. The van der Waals surface area contributed by atoms with E-state index in [-0.39, 0.29) is 0 Å². The lowest BCUT2D eigenvalue weighted by molar-refractivity contribution is 0.959. The molecule has 0 aliphatic rings. The average Bonchev–Trinajstić information content (AvgIpc) is 3.33. The van der Waals surface area contributed by atoms with Crippen molar-refractivity contribution in [2.75, 3.05) is 5.32 Å². The van der Waals surface area contributed by atoms with Gasteiger partial charge in [0, 0.05) is 23.7 Å². The molecule has 27 heavy (non-hydrogen) atoms. The maximum Gasteiger partial charge on any atom is 0.229 e. The van der Waals surface area contributed by atoms with Gasteiger partial charge < -0.3 is 5.32 Å². The fourth-order valence-electron chi connectivity index (χ4n) is 2.85. The molecular formula is C19H15Cl2N5S. The molecule has 4 rings (SSSR count). The van der Waals surface area contributed by atoms with Crippen LogP contribution in [0.3, 0.4) is 0 Å². The van der Waals surface area contributed by atoms with Gasteiger partial charge in [-0.3, -0.25) is 9.55 Å². The van der Waals surface area contributed by atoms with Crippen LogP contribution in [0.4, 0.5) is 5.95 Å². The number of thiophene rings is 1. The highest BCUT2D eigenvalue weighted by Gasteiger charge is 2.15. The molecule has 0 unspecified atom stereocenters. The molecular weight excluding hydrogens is 401 g/mol. The van der Waals surface area contributed by atoms with Crippen molar-refractivity contribution in [3.63, 3.8) is 0 Å². The van der Waals surface area contributed by atoms with Gasteiger partial charge in [-0.25, -0.2) is 0 Å². The molecule has 1 N–H and O–H groups in total. The molecule has 8 heteroatoms. The van der Waals surface area contributed by atoms with E-state index in [4.69, 9.17) is 23.2 Å². The number of aryl methyl sites for hydroxylation is 1. The van der Waals surface area contributed by atoms with Crippen molar-refractivity contribution in [1.29, 1.82) is 0 Å². The predicted octanol–water partition coefficient (Wildman–Crippen LogP) is 5.62. The Labute approximate surface area is 170 Å². The second-order valence-corrected chi connectivity index (χ2v) is 7.42. The van der Waals surface area contributed by atoms with Gasteiger partial charge in [-0.15, -0.1) is 10.2 Å². The number of hydrogen-bond acceptors (Lipinski definition) is 5. The normalized spacial score (nSPS) is 10.9. The number of benzene rings is 1. The first-order valence-corrected chi connectivity index (χ1v) is 9.92. The van der Waals surface area contributed by atoms with Gasteiger partial charge in [-0.1, -0.05) is 35.3 Å². The highest BCUT2D eigenvalue weighted by atomic mass is 35.5. The Morgan fingerprint density at radius 3 is 2.81 bits per heavy atom. The second kappa shape index (κ2) is 7.68. The smallest absolute Gasteiger partial charge is 0.229 e. The van der Waals surface area contributed by atoms with Crippen LogP contribution in [0.2, 0.25) is 10.0 Å². The van der Waals surface area contributed by atoms with Gasteiger partial charge in [0.05, 0.1) is 21.4 Å². The quantitative estimate of drug-likeness (QED) is 0.459. The SMILES string of the molecule is Cc1nnc(NCc2cccnc2-c2ccsc2)n1-c1cccc(Cl)c1Cl. The van der Waals surface area contributed by atoms with Crippen LogP contribution in [-0.2, 0) is 6.54 Å². The highest BCUT2D eigenvalue weighted by molar-refractivity contribution is 7.08. The minimum Gasteiger partial charge on any atom is -0.350 e. The molecule has 5 nitrogen and oxygen atoms in total. The van der Waals surface area contributed by atoms with Crippen molar-refractivity contribution in [3.8, 4) is 16.9 Å². The number of aromatic nitrogens is 4. The number of nitrogens with zero attached hydrogens (tertiary/aromatic N) is 4.